The standard InChI is InChI=1S/C7H12BrN3O/c1-9-4-7-6(8)5-11(10-7)2-3-12/h5,9,12H,2-4H2,1H3. The molecule has 0 bridgehead atoms. The summed E-state index contributed by atoms with van der Waals surface area (Å²) in [6.45, 7) is 1.40. The molecule has 0 aliphatic carbocycles. The van der Waals surface area contributed by atoms with E-state index in [2.05, 4.69) is 26.3 Å². The number of aliphatic hydroxyl groups excluding tert-OH is 1. The number of nitrogens with zero attached hydrogens (tertiary/aromatic N) is 2. The maximum Gasteiger partial charge on any atom is 0.0904 e. The van der Waals surface area contributed by atoms with Gasteiger partial charge in [0, 0.05) is 12.7 Å². The van der Waals surface area contributed by atoms with E-state index < -0.39 is 0 Å². The molecule has 0 saturated carbocycles. The molecular formula is C7H12BrN3O. The van der Waals surface area contributed by atoms with Gasteiger partial charge in [-0.15, -0.1) is 0 Å². The second kappa shape index (κ2) is 4.59. The molecule has 0 unspecified atom stereocenters. The molecule has 0 amide bonds. The summed E-state index contributed by atoms with van der Waals surface area (Å²) in [5, 5.41) is 15.9. The lowest BCUT2D eigenvalue weighted by Gasteiger charge is -1.95. The minimum absolute atomic E-state index is 0.118. The van der Waals surface area contributed by atoms with Crippen LogP contribution in [0.3, 0.4) is 0 Å². The average molecular weight is 234 g/mol. The lowest BCUT2D eigenvalue weighted by Crippen LogP contribution is -2.08. The van der Waals surface area contributed by atoms with Gasteiger partial charge in [-0.1, -0.05) is 0 Å². The van der Waals surface area contributed by atoms with Crippen molar-refractivity contribution < 1.29 is 5.11 Å². The van der Waals surface area contributed by atoms with Crippen LogP contribution < -0.4 is 5.32 Å². The molecule has 1 aromatic heterocycles. The average Bonchev–Trinajstić information content (AvgIpc) is 2.34. The Bertz CT molecular complexity index is 249. The van der Waals surface area contributed by atoms with Crippen LogP contribution in [0.5, 0.6) is 0 Å². The maximum absolute atomic E-state index is 8.66. The van der Waals surface area contributed by atoms with Gasteiger partial charge >= 0.3 is 0 Å². The van der Waals surface area contributed by atoms with Crippen LogP contribution in [0, 0.1) is 0 Å². The molecule has 0 atom stereocenters. The van der Waals surface area contributed by atoms with Crippen LogP contribution in [0.4, 0.5) is 0 Å². The normalized spacial score (nSPS) is 10.6. The number of nitrogens with one attached hydrogen (secondary N) is 1. The van der Waals surface area contributed by atoms with Crippen molar-refractivity contribution >= 4 is 15.9 Å². The fourth-order valence-electron chi connectivity index (χ4n) is 0.941. The zero-order valence-electron chi connectivity index (χ0n) is 6.92. The van der Waals surface area contributed by atoms with Gasteiger partial charge in [0.05, 0.1) is 23.3 Å². The molecule has 0 aliphatic heterocycles. The minimum Gasteiger partial charge on any atom is -0.394 e. The van der Waals surface area contributed by atoms with Crippen molar-refractivity contribution in [3.05, 3.63) is 16.4 Å². The summed E-state index contributed by atoms with van der Waals surface area (Å²) in [4.78, 5) is 0. The fraction of sp³-hybridized carbons (Fsp3) is 0.571. The molecular weight excluding hydrogens is 222 g/mol. The number of rotatable bonds is 4. The molecule has 0 fully saturated rings. The van der Waals surface area contributed by atoms with Crippen molar-refractivity contribution in [3.63, 3.8) is 0 Å². The number of halogens is 1. The SMILES string of the molecule is CNCc1nn(CCO)cc1Br. The maximum atomic E-state index is 8.66. The van der Waals surface area contributed by atoms with Crippen LogP contribution in [0.25, 0.3) is 0 Å². The van der Waals surface area contributed by atoms with Gasteiger partial charge in [-0.3, -0.25) is 4.68 Å². The van der Waals surface area contributed by atoms with Crippen LogP contribution in [-0.4, -0.2) is 28.5 Å². The van der Waals surface area contributed by atoms with Gasteiger partial charge in [-0.2, -0.15) is 5.10 Å². The first kappa shape index (κ1) is 9.70. The van der Waals surface area contributed by atoms with E-state index in [-0.39, 0.29) is 6.61 Å². The number of hydrogen-bond donors (Lipinski definition) is 2. The van der Waals surface area contributed by atoms with Crippen molar-refractivity contribution in [2.45, 2.75) is 13.1 Å². The third-order valence-corrected chi connectivity index (χ3v) is 2.12. The van der Waals surface area contributed by atoms with Gasteiger partial charge in [-0.05, 0) is 23.0 Å². The molecule has 5 heteroatoms. The van der Waals surface area contributed by atoms with E-state index in [0.717, 1.165) is 16.7 Å². The monoisotopic (exact) mass is 233 g/mol. The Labute approximate surface area is 79.7 Å². The van der Waals surface area contributed by atoms with E-state index in [1.165, 1.54) is 0 Å². The minimum atomic E-state index is 0.118. The van der Waals surface area contributed by atoms with Crippen LogP contribution in [0.2, 0.25) is 0 Å². The summed E-state index contributed by atoms with van der Waals surface area (Å²) >= 11 is 3.38. The smallest absolute Gasteiger partial charge is 0.0904 e. The second-order valence-corrected chi connectivity index (χ2v) is 3.30. The van der Waals surface area contributed by atoms with Gasteiger partial charge in [0.15, 0.2) is 0 Å². The zero-order valence-corrected chi connectivity index (χ0v) is 8.50. The quantitative estimate of drug-likeness (QED) is 0.790. The molecule has 0 radical (unpaired) electrons. The second-order valence-electron chi connectivity index (χ2n) is 2.44. The fourth-order valence-corrected chi connectivity index (χ4v) is 1.40. The molecule has 0 spiro atoms. The van der Waals surface area contributed by atoms with Crippen molar-refractivity contribution in [1.82, 2.24) is 15.1 Å². The van der Waals surface area contributed by atoms with Crippen LogP contribution >= 0.6 is 15.9 Å². The van der Waals surface area contributed by atoms with Crippen molar-refractivity contribution in [3.8, 4) is 0 Å². The molecule has 4 nitrogen and oxygen atoms in total. The number of aliphatic hydroxyl groups is 1. The van der Waals surface area contributed by atoms with Gasteiger partial charge in [0.2, 0.25) is 0 Å². The third kappa shape index (κ3) is 2.30. The largest absolute Gasteiger partial charge is 0.394 e. The van der Waals surface area contributed by atoms with Gasteiger partial charge in [0.25, 0.3) is 0 Å². The summed E-state index contributed by atoms with van der Waals surface area (Å²) < 4.78 is 2.70. The highest BCUT2D eigenvalue weighted by Gasteiger charge is 2.03. The molecule has 1 aromatic rings. The molecule has 0 aromatic carbocycles. The predicted octanol–water partition coefficient (Wildman–Crippen LogP) is 0.357. The van der Waals surface area contributed by atoms with Crippen molar-refractivity contribution in [2.24, 2.45) is 0 Å². The Morgan fingerprint density at radius 1 is 1.75 bits per heavy atom. The van der Waals surface area contributed by atoms with E-state index in [1.54, 1.807) is 4.68 Å². The van der Waals surface area contributed by atoms with Crippen molar-refractivity contribution in [1.29, 1.82) is 0 Å². The van der Waals surface area contributed by atoms with E-state index in [0.29, 0.717) is 6.54 Å². The number of aromatic nitrogens is 2. The van der Waals surface area contributed by atoms with Crippen LogP contribution in [-0.2, 0) is 13.1 Å². The van der Waals surface area contributed by atoms with E-state index in [4.69, 9.17) is 5.11 Å². The summed E-state index contributed by atoms with van der Waals surface area (Å²) in [6.07, 6.45) is 1.86. The van der Waals surface area contributed by atoms with E-state index in [1.807, 2.05) is 13.2 Å². The Morgan fingerprint density at radius 3 is 3.08 bits per heavy atom. The third-order valence-electron chi connectivity index (χ3n) is 1.46. The summed E-state index contributed by atoms with van der Waals surface area (Å²) in [5.74, 6) is 0. The lowest BCUT2D eigenvalue weighted by atomic mass is 10.4. The molecule has 0 aliphatic rings. The first-order chi connectivity index (χ1) is 5.77. The molecule has 1 heterocycles. The van der Waals surface area contributed by atoms with Crippen LogP contribution in [0.1, 0.15) is 5.69 Å². The molecule has 68 valence electrons. The van der Waals surface area contributed by atoms with Crippen molar-refractivity contribution in [2.75, 3.05) is 13.7 Å². The van der Waals surface area contributed by atoms with Gasteiger partial charge in [-0.25, -0.2) is 0 Å². The highest BCUT2D eigenvalue weighted by Crippen LogP contribution is 2.13. The summed E-state index contributed by atoms with van der Waals surface area (Å²) in [6, 6.07) is 0. The molecule has 0 saturated heterocycles. The van der Waals surface area contributed by atoms with E-state index >= 15 is 0 Å². The lowest BCUT2D eigenvalue weighted by molar-refractivity contribution is 0.269. The zero-order chi connectivity index (χ0) is 8.97. The predicted molar refractivity (Wildman–Crippen MR) is 49.8 cm³/mol. The highest BCUT2D eigenvalue weighted by atomic mass is 79.9. The van der Waals surface area contributed by atoms with Crippen LogP contribution in [0.15, 0.2) is 10.7 Å². The molecule has 12 heavy (non-hydrogen) atoms. The van der Waals surface area contributed by atoms with Gasteiger partial charge < -0.3 is 10.4 Å². The Morgan fingerprint density at radius 2 is 2.50 bits per heavy atom. The van der Waals surface area contributed by atoms with Gasteiger partial charge in [0.1, 0.15) is 0 Å². The topological polar surface area (TPSA) is 50.1 Å². The first-order valence-corrected chi connectivity index (χ1v) is 4.54. The molecule has 1 rings (SSSR count). The summed E-state index contributed by atoms with van der Waals surface area (Å²) in [5.41, 5.74) is 0.964. The Kier molecular flexibility index (Phi) is 3.71. The highest BCUT2D eigenvalue weighted by molar-refractivity contribution is 9.10. The summed E-state index contributed by atoms with van der Waals surface area (Å²) in [7, 11) is 1.87. The number of hydrogen-bond acceptors (Lipinski definition) is 3. The Hall–Kier alpha value is -0.390. The first-order valence-electron chi connectivity index (χ1n) is 3.75. The van der Waals surface area contributed by atoms with E-state index in [9.17, 15) is 0 Å². The Balaban J connectivity index is 2.70. The molecule has 2 N–H and O–H groups in total.